The Morgan fingerprint density at radius 3 is 2.26 bits per heavy atom. The van der Waals surface area contributed by atoms with Crippen LogP contribution in [-0.2, 0) is 11.2 Å². The van der Waals surface area contributed by atoms with Gasteiger partial charge in [0.15, 0.2) is 0 Å². The first-order valence-electron chi connectivity index (χ1n) is 7.05. The molecule has 0 saturated carbocycles. The van der Waals surface area contributed by atoms with Gasteiger partial charge in [0.2, 0.25) is 5.91 Å². The van der Waals surface area contributed by atoms with Crippen LogP contribution in [0.15, 0.2) is 80.3 Å². The Kier molecular flexibility index (Phi) is 5.54. The minimum Gasteiger partial charge on any atom is -0.326 e. The van der Waals surface area contributed by atoms with Crippen LogP contribution < -0.4 is 5.32 Å². The van der Waals surface area contributed by atoms with Crippen molar-refractivity contribution in [2.24, 2.45) is 0 Å². The van der Waals surface area contributed by atoms with E-state index in [0.29, 0.717) is 6.42 Å². The van der Waals surface area contributed by atoms with E-state index in [9.17, 15) is 4.79 Å². The fraction of sp³-hybridized carbons (Fsp3) is 0.0556. The van der Waals surface area contributed by atoms with Gasteiger partial charge in [0.05, 0.1) is 6.42 Å². The molecule has 0 saturated heterocycles. The van der Waals surface area contributed by atoms with E-state index in [0.717, 1.165) is 19.9 Å². The Hall–Kier alpha value is -1.56. The Bertz CT molecular complexity index is 768. The number of hydrogen-bond acceptors (Lipinski definition) is 3. The first kappa shape index (κ1) is 16.3. The van der Waals surface area contributed by atoms with Crippen molar-refractivity contribution in [3.8, 4) is 0 Å². The summed E-state index contributed by atoms with van der Waals surface area (Å²) < 4.78 is 1.07. The first-order valence-corrected chi connectivity index (χ1v) is 9.54. The highest BCUT2D eigenvalue weighted by atomic mass is 79.9. The minimum atomic E-state index is 0.0146. The van der Waals surface area contributed by atoms with Gasteiger partial charge in [0.25, 0.3) is 0 Å². The quantitative estimate of drug-likeness (QED) is 0.579. The molecule has 2 nitrogen and oxygen atoms in total. The van der Waals surface area contributed by atoms with E-state index in [-0.39, 0.29) is 5.91 Å². The molecule has 1 aromatic heterocycles. The van der Waals surface area contributed by atoms with E-state index >= 15 is 0 Å². The fourth-order valence-corrected chi connectivity index (χ4v) is 3.81. The second-order valence-electron chi connectivity index (χ2n) is 4.88. The summed E-state index contributed by atoms with van der Waals surface area (Å²) in [6.45, 7) is 0. The van der Waals surface area contributed by atoms with Crippen LogP contribution in [0.1, 0.15) is 4.88 Å². The lowest BCUT2D eigenvalue weighted by atomic mass is 10.3. The number of halogens is 1. The SMILES string of the molecule is O=C(Cc1cccs1)Nc1ccc(Sc2ccc(Br)cc2)cc1. The fourth-order valence-electron chi connectivity index (χ4n) is 2.02. The smallest absolute Gasteiger partial charge is 0.229 e. The lowest BCUT2D eigenvalue weighted by Crippen LogP contribution is -2.13. The average Bonchev–Trinajstić information content (AvgIpc) is 3.04. The van der Waals surface area contributed by atoms with Crippen LogP contribution >= 0.6 is 39.0 Å². The number of thiophene rings is 1. The van der Waals surface area contributed by atoms with Crippen LogP contribution in [0.5, 0.6) is 0 Å². The van der Waals surface area contributed by atoms with E-state index in [1.54, 1.807) is 23.1 Å². The molecule has 0 spiro atoms. The number of nitrogens with one attached hydrogen (secondary N) is 1. The van der Waals surface area contributed by atoms with Gasteiger partial charge in [-0.25, -0.2) is 0 Å². The Balaban J connectivity index is 1.58. The van der Waals surface area contributed by atoms with Crippen molar-refractivity contribution < 1.29 is 4.79 Å². The highest BCUT2D eigenvalue weighted by molar-refractivity contribution is 9.10. The summed E-state index contributed by atoms with van der Waals surface area (Å²) in [6, 6.07) is 20.1. The average molecular weight is 404 g/mol. The third-order valence-corrected chi connectivity index (χ3v) is 5.52. The number of benzene rings is 2. The van der Waals surface area contributed by atoms with E-state index < -0.39 is 0 Å². The molecule has 23 heavy (non-hydrogen) atoms. The van der Waals surface area contributed by atoms with Gasteiger partial charge in [-0.2, -0.15) is 0 Å². The number of hydrogen-bond donors (Lipinski definition) is 1. The van der Waals surface area contributed by atoms with Gasteiger partial charge in [-0.1, -0.05) is 33.8 Å². The molecule has 0 bridgehead atoms. The lowest BCUT2D eigenvalue weighted by molar-refractivity contribution is -0.115. The molecule has 0 radical (unpaired) electrons. The van der Waals surface area contributed by atoms with E-state index in [2.05, 4.69) is 33.4 Å². The molecule has 0 unspecified atom stereocenters. The maximum absolute atomic E-state index is 12.0. The third kappa shape index (κ3) is 4.96. The normalized spacial score (nSPS) is 10.5. The molecule has 2 aromatic carbocycles. The predicted molar refractivity (Wildman–Crippen MR) is 101 cm³/mol. The second-order valence-corrected chi connectivity index (χ2v) is 7.98. The summed E-state index contributed by atoms with van der Waals surface area (Å²) in [6.07, 6.45) is 0.424. The Labute approximate surface area is 152 Å². The van der Waals surface area contributed by atoms with Crippen LogP contribution in [-0.4, -0.2) is 5.91 Å². The Morgan fingerprint density at radius 2 is 1.65 bits per heavy atom. The van der Waals surface area contributed by atoms with Gasteiger partial charge >= 0.3 is 0 Å². The molecule has 1 N–H and O–H groups in total. The van der Waals surface area contributed by atoms with Crippen LogP contribution in [0, 0.1) is 0 Å². The van der Waals surface area contributed by atoms with Crippen LogP contribution in [0.25, 0.3) is 0 Å². The summed E-state index contributed by atoms with van der Waals surface area (Å²) in [5.74, 6) is 0.0146. The second kappa shape index (κ2) is 7.81. The van der Waals surface area contributed by atoms with Crippen molar-refractivity contribution in [3.05, 3.63) is 75.4 Å². The largest absolute Gasteiger partial charge is 0.326 e. The molecule has 5 heteroatoms. The van der Waals surface area contributed by atoms with Gasteiger partial charge in [-0.15, -0.1) is 11.3 Å². The molecule has 3 aromatic rings. The summed E-state index contributed by atoms with van der Waals surface area (Å²) in [4.78, 5) is 15.4. The molecular weight excluding hydrogens is 390 g/mol. The molecule has 0 atom stereocenters. The van der Waals surface area contributed by atoms with Gasteiger partial charge in [0.1, 0.15) is 0 Å². The Morgan fingerprint density at radius 1 is 1.00 bits per heavy atom. The van der Waals surface area contributed by atoms with E-state index in [1.165, 1.54) is 4.90 Å². The molecule has 116 valence electrons. The lowest BCUT2D eigenvalue weighted by Gasteiger charge is -2.06. The van der Waals surface area contributed by atoms with Crippen molar-refractivity contribution >= 4 is 50.6 Å². The van der Waals surface area contributed by atoms with E-state index in [1.807, 2.05) is 53.9 Å². The standard InChI is InChI=1S/C18H14BrNOS2/c19-13-3-7-15(8-4-13)23-16-9-5-14(6-10-16)20-18(21)12-17-2-1-11-22-17/h1-11H,12H2,(H,20,21). The maximum atomic E-state index is 12.0. The van der Waals surface area contributed by atoms with E-state index in [4.69, 9.17) is 0 Å². The maximum Gasteiger partial charge on any atom is 0.229 e. The first-order chi connectivity index (χ1) is 11.2. The molecule has 1 heterocycles. The molecule has 0 fully saturated rings. The zero-order valence-electron chi connectivity index (χ0n) is 12.2. The third-order valence-electron chi connectivity index (χ3n) is 3.10. The van der Waals surface area contributed by atoms with Gasteiger partial charge < -0.3 is 5.32 Å². The van der Waals surface area contributed by atoms with Crippen LogP contribution in [0.2, 0.25) is 0 Å². The summed E-state index contributed by atoms with van der Waals surface area (Å²) in [7, 11) is 0. The summed E-state index contributed by atoms with van der Waals surface area (Å²) in [5.41, 5.74) is 0.826. The predicted octanol–water partition coefficient (Wildman–Crippen LogP) is 5.84. The van der Waals surface area contributed by atoms with Gasteiger partial charge in [-0.05, 0) is 60.0 Å². The monoisotopic (exact) mass is 403 g/mol. The number of carbonyl (C=O) groups is 1. The van der Waals surface area contributed by atoms with Gasteiger partial charge in [0, 0.05) is 24.8 Å². The molecule has 0 aliphatic heterocycles. The number of amides is 1. The molecular formula is C18H14BrNOS2. The highest BCUT2D eigenvalue weighted by Gasteiger charge is 2.05. The zero-order valence-corrected chi connectivity index (χ0v) is 15.4. The summed E-state index contributed by atoms with van der Waals surface area (Å²) in [5, 5.41) is 4.91. The highest BCUT2D eigenvalue weighted by Crippen LogP contribution is 2.29. The molecule has 1 amide bonds. The van der Waals surface area contributed by atoms with Crippen molar-refractivity contribution in [2.75, 3.05) is 5.32 Å². The van der Waals surface area contributed by atoms with Crippen molar-refractivity contribution in [1.82, 2.24) is 0 Å². The number of rotatable bonds is 5. The number of anilines is 1. The molecule has 0 aliphatic carbocycles. The van der Waals surface area contributed by atoms with Crippen molar-refractivity contribution in [3.63, 3.8) is 0 Å². The van der Waals surface area contributed by atoms with Crippen molar-refractivity contribution in [2.45, 2.75) is 16.2 Å². The minimum absolute atomic E-state index is 0.0146. The molecule has 3 rings (SSSR count). The van der Waals surface area contributed by atoms with Crippen LogP contribution in [0.3, 0.4) is 0 Å². The molecule has 0 aliphatic rings. The number of carbonyl (C=O) groups excluding carboxylic acids is 1. The van der Waals surface area contributed by atoms with Crippen LogP contribution in [0.4, 0.5) is 5.69 Å². The zero-order chi connectivity index (χ0) is 16.1. The van der Waals surface area contributed by atoms with Crippen molar-refractivity contribution in [1.29, 1.82) is 0 Å². The summed E-state index contributed by atoms with van der Waals surface area (Å²) >= 11 is 6.73. The van der Waals surface area contributed by atoms with Gasteiger partial charge in [-0.3, -0.25) is 4.79 Å². The topological polar surface area (TPSA) is 29.1 Å².